The van der Waals surface area contributed by atoms with Gasteiger partial charge in [0, 0.05) is 27.6 Å². The third-order valence-electron chi connectivity index (χ3n) is 5.81. The smallest absolute Gasteiger partial charge is 0.149 e. The Balaban J connectivity index is 1.98. The zero-order valence-electron chi connectivity index (χ0n) is 18.6. The van der Waals surface area contributed by atoms with Crippen LogP contribution >= 0.6 is 11.3 Å². The topological polar surface area (TPSA) is 43.1 Å². The fourth-order valence-corrected chi connectivity index (χ4v) is 6.05. The number of hydrogen-bond donors (Lipinski definition) is 0. The second-order valence-electron chi connectivity index (χ2n) is 9.36. The Morgan fingerprint density at radius 2 is 1.60 bits per heavy atom. The Kier molecular flexibility index (Phi) is 4.06. The van der Waals surface area contributed by atoms with Gasteiger partial charge in [0.1, 0.15) is 16.8 Å². The standard InChI is InChI=1S/C25H26N4S/c1-13-8-14(2)19(15(3)9-13)18-10-17-21-20(22(25(5,6)7)28-12-27-21)23-26-11-16(4)29(23)24(17)30-18/h8-12H,1-7H3. The van der Waals surface area contributed by atoms with Gasteiger partial charge in [-0.3, -0.25) is 4.40 Å². The summed E-state index contributed by atoms with van der Waals surface area (Å²) >= 11 is 1.82. The lowest BCUT2D eigenvalue weighted by Gasteiger charge is -2.20. The Morgan fingerprint density at radius 1 is 0.900 bits per heavy atom. The highest BCUT2D eigenvalue weighted by atomic mass is 32.1. The molecule has 0 aliphatic heterocycles. The predicted octanol–water partition coefficient (Wildman–Crippen LogP) is 6.69. The monoisotopic (exact) mass is 414 g/mol. The highest BCUT2D eigenvalue weighted by Crippen LogP contribution is 2.42. The molecule has 0 radical (unpaired) electrons. The average Bonchev–Trinajstić information content (AvgIpc) is 3.24. The molecule has 0 amide bonds. The minimum Gasteiger partial charge on any atom is -0.287 e. The van der Waals surface area contributed by atoms with Crippen molar-refractivity contribution in [3.63, 3.8) is 0 Å². The first kappa shape index (κ1) is 19.2. The van der Waals surface area contributed by atoms with Crippen molar-refractivity contribution in [3.8, 4) is 10.4 Å². The van der Waals surface area contributed by atoms with Gasteiger partial charge in [-0.2, -0.15) is 0 Å². The first-order valence-electron chi connectivity index (χ1n) is 10.3. The van der Waals surface area contributed by atoms with E-state index in [1.807, 2.05) is 17.5 Å². The van der Waals surface area contributed by atoms with Crippen LogP contribution in [-0.2, 0) is 5.41 Å². The van der Waals surface area contributed by atoms with Crippen molar-refractivity contribution in [1.29, 1.82) is 0 Å². The summed E-state index contributed by atoms with van der Waals surface area (Å²) in [5, 5.41) is 2.23. The number of thiophene rings is 1. The zero-order valence-corrected chi connectivity index (χ0v) is 19.4. The van der Waals surface area contributed by atoms with Crippen LogP contribution in [0.25, 0.3) is 37.2 Å². The number of aromatic nitrogens is 4. The van der Waals surface area contributed by atoms with E-state index in [4.69, 9.17) is 9.97 Å². The molecule has 0 unspecified atom stereocenters. The highest BCUT2D eigenvalue weighted by Gasteiger charge is 2.25. The van der Waals surface area contributed by atoms with Gasteiger partial charge in [0.2, 0.25) is 0 Å². The number of imidazole rings is 1. The summed E-state index contributed by atoms with van der Waals surface area (Å²) < 4.78 is 2.28. The predicted molar refractivity (Wildman–Crippen MR) is 127 cm³/mol. The Hall–Kier alpha value is -2.79. The molecule has 4 heterocycles. The van der Waals surface area contributed by atoms with Gasteiger partial charge < -0.3 is 0 Å². The van der Waals surface area contributed by atoms with Crippen molar-refractivity contribution < 1.29 is 0 Å². The Bertz CT molecular complexity index is 1440. The van der Waals surface area contributed by atoms with Gasteiger partial charge in [0.25, 0.3) is 0 Å². The third kappa shape index (κ3) is 2.68. The average molecular weight is 415 g/mol. The lowest BCUT2D eigenvalue weighted by Crippen LogP contribution is -2.15. The normalized spacial score (nSPS) is 12.5. The van der Waals surface area contributed by atoms with Gasteiger partial charge in [-0.1, -0.05) is 38.5 Å². The first-order valence-corrected chi connectivity index (χ1v) is 11.1. The molecule has 4 nitrogen and oxygen atoms in total. The van der Waals surface area contributed by atoms with E-state index in [9.17, 15) is 0 Å². The van der Waals surface area contributed by atoms with Crippen LogP contribution in [-0.4, -0.2) is 19.4 Å². The summed E-state index contributed by atoms with van der Waals surface area (Å²) in [6.45, 7) is 15.3. The summed E-state index contributed by atoms with van der Waals surface area (Å²) in [7, 11) is 0. The largest absolute Gasteiger partial charge is 0.287 e. The minimum absolute atomic E-state index is 0.0990. The van der Waals surface area contributed by atoms with E-state index >= 15 is 0 Å². The van der Waals surface area contributed by atoms with Crippen molar-refractivity contribution in [1.82, 2.24) is 19.4 Å². The van der Waals surface area contributed by atoms with E-state index in [1.54, 1.807) is 6.33 Å². The fourth-order valence-electron chi connectivity index (χ4n) is 4.65. The number of pyridine rings is 1. The Morgan fingerprint density at radius 3 is 2.27 bits per heavy atom. The maximum atomic E-state index is 4.79. The third-order valence-corrected chi connectivity index (χ3v) is 6.95. The van der Waals surface area contributed by atoms with Gasteiger partial charge in [-0.05, 0) is 50.5 Å². The number of fused-ring (bicyclic) bond motifs is 6. The maximum Gasteiger partial charge on any atom is 0.149 e. The van der Waals surface area contributed by atoms with Crippen LogP contribution in [0.3, 0.4) is 0 Å². The summed E-state index contributed by atoms with van der Waals surface area (Å²) in [6.07, 6.45) is 3.66. The summed E-state index contributed by atoms with van der Waals surface area (Å²) in [5.74, 6) is 0. The summed E-state index contributed by atoms with van der Waals surface area (Å²) in [5.41, 5.74) is 9.27. The molecule has 5 heteroatoms. The number of nitrogens with zero attached hydrogens (tertiary/aromatic N) is 4. The number of hydrogen-bond acceptors (Lipinski definition) is 4. The number of benzene rings is 1. The van der Waals surface area contributed by atoms with Crippen molar-refractivity contribution in [2.75, 3.05) is 0 Å². The van der Waals surface area contributed by atoms with Crippen molar-refractivity contribution >= 4 is 38.1 Å². The number of rotatable bonds is 1. The molecule has 0 saturated carbocycles. The van der Waals surface area contributed by atoms with Crippen LogP contribution in [0.5, 0.6) is 0 Å². The SMILES string of the molecule is Cc1cc(C)c(-c2cc3c4ncnc(C(C)(C)C)c4c4ncc(C)n4c3s2)c(C)c1. The fraction of sp³-hybridized carbons (Fsp3) is 0.320. The molecule has 152 valence electrons. The molecule has 0 aliphatic rings. The van der Waals surface area contributed by atoms with Gasteiger partial charge in [-0.15, -0.1) is 11.3 Å². The molecule has 0 atom stereocenters. The van der Waals surface area contributed by atoms with Crippen LogP contribution in [0.1, 0.15) is 48.8 Å². The van der Waals surface area contributed by atoms with Crippen molar-refractivity contribution in [2.24, 2.45) is 0 Å². The molecule has 0 bridgehead atoms. The molecular weight excluding hydrogens is 388 g/mol. The van der Waals surface area contributed by atoms with Crippen molar-refractivity contribution in [2.45, 2.75) is 53.9 Å². The van der Waals surface area contributed by atoms with Crippen LogP contribution in [0, 0.1) is 27.7 Å². The molecule has 0 aliphatic carbocycles. The summed E-state index contributed by atoms with van der Waals surface area (Å²) in [6, 6.07) is 6.84. The maximum absolute atomic E-state index is 4.79. The van der Waals surface area contributed by atoms with Gasteiger partial charge in [-0.25, -0.2) is 15.0 Å². The molecule has 4 aromatic heterocycles. The minimum atomic E-state index is -0.0990. The molecule has 0 N–H and O–H groups in total. The number of aryl methyl sites for hydroxylation is 4. The second kappa shape index (κ2) is 6.35. The van der Waals surface area contributed by atoms with E-state index in [-0.39, 0.29) is 5.41 Å². The lowest BCUT2D eigenvalue weighted by molar-refractivity contribution is 0.574. The molecule has 30 heavy (non-hydrogen) atoms. The summed E-state index contributed by atoms with van der Waals surface area (Å²) in [4.78, 5) is 16.7. The lowest BCUT2D eigenvalue weighted by atomic mass is 9.89. The Labute approximate surface area is 180 Å². The van der Waals surface area contributed by atoms with Gasteiger partial charge >= 0.3 is 0 Å². The molecule has 0 saturated heterocycles. The van der Waals surface area contributed by atoms with E-state index in [2.05, 4.69) is 76.0 Å². The molecular formula is C25H26N4S. The molecule has 5 rings (SSSR count). The van der Waals surface area contributed by atoms with Crippen LogP contribution in [0.2, 0.25) is 0 Å². The van der Waals surface area contributed by atoms with Gasteiger partial charge in [0.15, 0.2) is 0 Å². The van der Waals surface area contributed by atoms with E-state index < -0.39 is 0 Å². The van der Waals surface area contributed by atoms with Crippen molar-refractivity contribution in [3.05, 3.63) is 58.8 Å². The quantitative estimate of drug-likeness (QED) is 0.307. The highest BCUT2D eigenvalue weighted by molar-refractivity contribution is 7.22. The first-order chi connectivity index (χ1) is 14.2. The van der Waals surface area contributed by atoms with Crippen LogP contribution in [0.4, 0.5) is 0 Å². The zero-order chi connectivity index (χ0) is 21.4. The van der Waals surface area contributed by atoms with Crippen LogP contribution < -0.4 is 0 Å². The van der Waals surface area contributed by atoms with E-state index in [0.29, 0.717) is 0 Å². The van der Waals surface area contributed by atoms with E-state index in [1.165, 1.54) is 37.3 Å². The van der Waals surface area contributed by atoms with E-state index in [0.717, 1.165) is 27.9 Å². The van der Waals surface area contributed by atoms with Gasteiger partial charge in [0.05, 0.1) is 16.6 Å². The molecule has 1 aromatic carbocycles. The molecule has 0 fully saturated rings. The van der Waals surface area contributed by atoms with Crippen LogP contribution in [0.15, 0.2) is 30.7 Å². The second-order valence-corrected chi connectivity index (χ2v) is 10.4. The molecule has 5 aromatic rings. The molecule has 0 spiro atoms.